The summed E-state index contributed by atoms with van der Waals surface area (Å²) in [6.07, 6.45) is 2.40. The highest BCUT2D eigenvalue weighted by Crippen LogP contribution is 2.39. The van der Waals surface area contributed by atoms with Crippen molar-refractivity contribution in [3.63, 3.8) is 0 Å². The third kappa shape index (κ3) is 2.59. The van der Waals surface area contributed by atoms with Gasteiger partial charge in [-0.05, 0) is 57.0 Å². The van der Waals surface area contributed by atoms with E-state index in [-0.39, 0.29) is 6.17 Å². The van der Waals surface area contributed by atoms with Gasteiger partial charge in [0.15, 0.2) is 0 Å². The van der Waals surface area contributed by atoms with E-state index in [9.17, 15) is 0 Å². The number of anilines is 1. The zero-order valence-electron chi connectivity index (χ0n) is 21.3. The standard InChI is InChI=1S/C32H29N3O/c1-19-16-17-26-25-12-8-11-24-23-10-6-7-13-28(23)35(32(24)25)30-18-33(22(4)34(30)31(26)20(19)2)27-14-9-15-29(36-5)21(27)3/h6-18,22H,1-5H3/t22-/m1/s1. The second-order valence-electron chi connectivity index (χ2n) is 9.96. The van der Waals surface area contributed by atoms with Crippen LogP contribution in [0.2, 0.25) is 0 Å². The Morgan fingerprint density at radius 2 is 1.39 bits per heavy atom. The number of aryl methyl sites for hydroxylation is 2. The summed E-state index contributed by atoms with van der Waals surface area (Å²) in [5.41, 5.74) is 9.90. The van der Waals surface area contributed by atoms with E-state index >= 15 is 0 Å². The molecule has 0 aliphatic carbocycles. The molecule has 0 amide bonds. The van der Waals surface area contributed by atoms with Crippen LogP contribution in [0.15, 0.2) is 72.8 Å². The minimum atomic E-state index is 0.0792. The molecule has 4 aromatic carbocycles. The van der Waals surface area contributed by atoms with Crippen LogP contribution in [0, 0.1) is 20.8 Å². The van der Waals surface area contributed by atoms with Crippen LogP contribution in [0.4, 0.5) is 5.69 Å². The number of nitrogens with zero attached hydrogens (tertiary/aromatic N) is 3. The zero-order chi connectivity index (χ0) is 24.7. The second-order valence-corrected chi connectivity index (χ2v) is 9.96. The van der Waals surface area contributed by atoms with Gasteiger partial charge in [0.2, 0.25) is 0 Å². The van der Waals surface area contributed by atoms with Crippen molar-refractivity contribution in [3.8, 4) is 5.75 Å². The van der Waals surface area contributed by atoms with Crippen LogP contribution >= 0.6 is 0 Å². The van der Waals surface area contributed by atoms with Gasteiger partial charge in [-0.15, -0.1) is 0 Å². The minimum absolute atomic E-state index is 0.0792. The predicted octanol–water partition coefficient (Wildman–Crippen LogP) is 7.19. The first-order valence-corrected chi connectivity index (χ1v) is 12.6. The molecule has 1 aliphatic rings. The van der Waals surface area contributed by atoms with Crippen molar-refractivity contribution in [1.82, 2.24) is 8.97 Å². The maximum Gasteiger partial charge on any atom is 0.136 e. The van der Waals surface area contributed by atoms with Gasteiger partial charge in [-0.3, -0.25) is 4.40 Å². The maximum atomic E-state index is 5.68. The van der Waals surface area contributed by atoms with Crippen LogP contribution in [0.25, 0.3) is 44.3 Å². The smallest absolute Gasteiger partial charge is 0.136 e. The largest absolute Gasteiger partial charge is 0.496 e. The number of hydrogen-bond donors (Lipinski definition) is 0. The molecule has 3 heterocycles. The molecule has 2 aromatic heterocycles. The van der Waals surface area contributed by atoms with Crippen molar-refractivity contribution in [2.75, 3.05) is 12.0 Å². The number of hydrogen-bond acceptors (Lipinski definition) is 2. The normalized spacial score (nSPS) is 15.2. The minimum Gasteiger partial charge on any atom is -0.496 e. The Morgan fingerprint density at radius 3 is 2.19 bits per heavy atom. The fraction of sp³-hybridized carbons (Fsp3) is 0.188. The van der Waals surface area contributed by atoms with E-state index < -0.39 is 0 Å². The van der Waals surface area contributed by atoms with Crippen molar-refractivity contribution in [2.45, 2.75) is 33.9 Å². The molecule has 178 valence electrons. The summed E-state index contributed by atoms with van der Waals surface area (Å²) in [6.45, 7) is 8.92. The third-order valence-electron chi connectivity index (χ3n) is 8.19. The highest BCUT2D eigenvalue weighted by molar-refractivity contribution is 6.19. The van der Waals surface area contributed by atoms with Gasteiger partial charge < -0.3 is 14.2 Å². The summed E-state index contributed by atoms with van der Waals surface area (Å²) in [5.74, 6) is 0.909. The molecule has 0 saturated heterocycles. The number of para-hydroxylation sites is 2. The first kappa shape index (κ1) is 21.1. The summed E-state index contributed by atoms with van der Waals surface area (Å²) < 4.78 is 10.7. The Balaban J connectivity index is 1.76. The molecule has 4 heteroatoms. The molecule has 0 bridgehead atoms. The third-order valence-corrected chi connectivity index (χ3v) is 8.19. The molecular formula is C32H29N3O. The molecular weight excluding hydrogens is 442 g/mol. The number of rotatable bonds is 2. The Labute approximate surface area is 210 Å². The molecule has 7 rings (SSSR count). The highest BCUT2D eigenvalue weighted by atomic mass is 16.5. The first-order valence-electron chi connectivity index (χ1n) is 12.6. The molecule has 0 spiro atoms. The Morgan fingerprint density at radius 1 is 0.694 bits per heavy atom. The van der Waals surface area contributed by atoms with Crippen molar-refractivity contribution in [1.29, 1.82) is 0 Å². The number of ether oxygens (including phenoxy) is 1. The summed E-state index contributed by atoms with van der Waals surface area (Å²) in [6, 6.07) is 26.4. The summed E-state index contributed by atoms with van der Waals surface area (Å²) in [7, 11) is 1.74. The second kappa shape index (κ2) is 7.41. The molecule has 0 N–H and O–H groups in total. The van der Waals surface area contributed by atoms with E-state index in [1.807, 2.05) is 6.07 Å². The van der Waals surface area contributed by atoms with Gasteiger partial charge in [-0.2, -0.15) is 0 Å². The highest BCUT2D eigenvalue weighted by Gasteiger charge is 2.27. The van der Waals surface area contributed by atoms with Gasteiger partial charge >= 0.3 is 0 Å². The van der Waals surface area contributed by atoms with E-state index in [4.69, 9.17) is 4.74 Å². The van der Waals surface area contributed by atoms with Crippen molar-refractivity contribution < 1.29 is 4.74 Å². The Kier molecular flexibility index (Phi) is 4.35. The average molecular weight is 472 g/mol. The molecule has 6 aromatic rings. The van der Waals surface area contributed by atoms with Crippen LogP contribution in [0.1, 0.15) is 29.8 Å². The Hall–Kier alpha value is -4.18. The molecule has 1 atom stereocenters. The van der Waals surface area contributed by atoms with Crippen LogP contribution in [0.5, 0.6) is 5.75 Å². The molecule has 36 heavy (non-hydrogen) atoms. The van der Waals surface area contributed by atoms with Gasteiger partial charge in [0.1, 0.15) is 17.4 Å². The number of fused-ring (bicyclic) bond motifs is 8. The fourth-order valence-electron chi connectivity index (χ4n) is 6.25. The molecule has 0 saturated carbocycles. The van der Waals surface area contributed by atoms with Crippen LogP contribution in [-0.4, -0.2) is 16.1 Å². The van der Waals surface area contributed by atoms with Gasteiger partial charge in [0, 0.05) is 39.0 Å². The molecule has 1 aliphatic heterocycles. The number of methoxy groups -OCH3 is 1. The van der Waals surface area contributed by atoms with E-state index in [1.165, 1.54) is 54.7 Å². The lowest BCUT2D eigenvalue weighted by atomic mass is 10.0. The summed E-state index contributed by atoms with van der Waals surface area (Å²) >= 11 is 0. The summed E-state index contributed by atoms with van der Waals surface area (Å²) in [5, 5.41) is 5.14. The van der Waals surface area contributed by atoms with Crippen molar-refractivity contribution in [2.24, 2.45) is 0 Å². The van der Waals surface area contributed by atoms with Crippen LogP contribution < -0.4 is 15.1 Å². The average Bonchev–Trinajstić information content (AvgIpc) is 3.36. The van der Waals surface area contributed by atoms with E-state index in [1.54, 1.807) is 7.11 Å². The maximum absolute atomic E-state index is 5.68. The lowest BCUT2D eigenvalue weighted by Gasteiger charge is -2.27. The first-order chi connectivity index (χ1) is 17.5. The lowest BCUT2D eigenvalue weighted by Crippen LogP contribution is -2.25. The van der Waals surface area contributed by atoms with Gasteiger partial charge in [-0.1, -0.05) is 54.6 Å². The van der Waals surface area contributed by atoms with E-state index in [0.717, 1.165) is 17.0 Å². The lowest BCUT2D eigenvalue weighted by molar-refractivity contribution is 0.411. The zero-order valence-corrected chi connectivity index (χ0v) is 21.3. The number of benzene rings is 4. The topological polar surface area (TPSA) is 21.8 Å². The quantitative estimate of drug-likeness (QED) is 0.267. The fourth-order valence-corrected chi connectivity index (χ4v) is 6.25. The van der Waals surface area contributed by atoms with Gasteiger partial charge in [-0.25, -0.2) is 0 Å². The monoisotopic (exact) mass is 471 g/mol. The Bertz CT molecular complexity index is 1940. The number of aromatic nitrogens is 2. The van der Waals surface area contributed by atoms with Crippen molar-refractivity contribution in [3.05, 3.63) is 95.0 Å². The van der Waals surface area contributed by atoms with Gasteiger partial charge in [0.25, 0.3) is 0 Å². The SMILES string of the molecule is COc1cccc(N2C=c3n(c4c(C)c(C)ccc4c4cccc5c6ccccc6n3c45)[C@@H]2C)c1C. The molecule has 0 fully saturated rings. The molecule has 4 nitrogen and oxygen atoms in total. The molecule has 0 radical (unpaired) electrons. The predicted molar refractivity (Wildman–Crippen MR) is 151 cm³/mol. The van der Waals surface area contributed by atoms with Crippen LogP contribution in [0.3, 0.4) is 0 Å². The van der Waals surface area contributed by atoms with E-state index in [2.05, 4.69) is 114 Å². The summed E-state index contributed by atoms with van der Waals surface area (Å²) in [4.78, 5) is 2.40. The van der Waals surface area contributed by atoms with Gasteiger partial charge in [0.05, 0.1) is 23.7 Å². The molecule has 0 unspecified atom stereocenters. The van der Waals surface area contributed by atoms with Crippen molar-refractivity contribution >= 4 is 50.0 Å². The van der Waals surface area contributed by atoms with E-state index in [0.29, 0.717) is 0 Å². The van der Waals surface area contributed by atoms with Crippen LogP contribution in [-0.2, 0) is 0 Å².